The molecule has 150 valence electrons. The van der Waals surface area contributed by atoms with Crippen LogP contribution in [-0.2, 0) is 0 Å². The molecule has 1 aromatic carbocycles. The van der Waals surface area contributed by atoms with Gasteiger partial charge in [0.05, 0.1) is 11.6 Å². The number of piperidine rings is 1. The molecule has 3 fully saturated rings. The molecule has 0 bridgehead atoms. The van der Waals surface area contributed by atoms with E-state index in [2.05, 4.69) is 40.1 Å². The number of benzene rings is 1. The highest BCUT2D eigenvalue weighted by Gasteiger charge is 2.50. The third-order valence-electron chi connectivity index (χ3n) is 7.61. The topological polar surface area (TPSA) is 26.7 Å². The molecule has 1 saturated carbocycles. The Balaban J connectivity index is 1.41. The van der Waals surface area contributed by atoms with Crippen LogP contribution in [-0.4, -0.2) is 47.3 Å². The first-order chi connectivity index (χ1) is 13.3. The summed E-state index contributed by atoms with van der Waals surface area (Å²) < 4.78 is 0. The van der Waals surface area contributed by atoms with Crippen LogP contribution in [0.4, 0.5) is 5.69 Å². The zero-order valence-electron chi connectivity index (χ0n) is 17.0. The van der Waals surface area contributed by atoms with E-state index in [1.807, 2.05) is 0 Å². The van der Waals surface area contributed by atoms with Crippen molar-refractivity contribution in [1.82, 2.24) is 4.90 Å². The summed E-state index contributed by atoms with van der Waals surface area (Å²) in [5.74, 6) is 0. The van der Waals surface area contributed by atoms with Gasteiger partial charge in [0.2, 0.25) is 0 Å². The van der Waals surface area contributed by atoms with Gasteiger partial charge >= 0.3 is 0 Å². The van der Waals surface area contributed by atoms with Crippen molar-refractivity contribution < 1.29 is 5.11 Å². The molecule has 0 aromatic heterocycles. The summed E-state index contributed by atoms with van der Waals surface area (Å²) in [7, 11) is 0. The fourth-order valence-corrected chi connectivity index (χ4v) is 5.95. The van der Waals surface area contributed by atoms with Gasteiger partial charge in [-0.1, -0.05) is 63.1 Å². The predicted octanol–water partition coefficient (Wildman–Crippen LogP) is 4.99. The van der Waals surface area contributed by atoms with Gasteiger partial charge in [-0.05, 0) is 44.2 Å². The van der Waals surface area contributed by atoms with E-state index in [4.69, 9.17) is 0 Å². The van der Waals surface area contributed by atoms with Crippen molar-refractivity contribution in [3.05, 3.63) is 30.3 Å². The van der Waals surface area contributed by atoms with Gasteiger partial charge in [-0.15, -0.1) is 0 Å². The Hall–Kier alpha value is -1.06. The smallest absolute Gasteiger partial charge is 0.0789 e. The van der Waals surface area contributed by atoms with E-state index in [1.165, 1.54) is 63.5 Å². The van der Waals surface area contributed by atoms with E-state index in [9.17, 15) is 5.11 Å². The maximum Gasteiger partial charge on any atom is 0.0789 e. The van der Waals surface area contributed by atoms with Crippen LogP contribution in [0, 0.1) is 0 Å². The van der Waals surface area contributed by atoms with E-state index in [-0.39, 0.29) is 11.6 Å². The Morgan fingerprint density at radius 2 is 1.33 bits per heavy atom. The summed E-state index contributed by atoms with van der Waals surface area (Å²) in [6, 6.07) is 11.6. The minimum atomic E-state index is -0.177. The lowest BCUT2D eigenvalue weighted by Crippen LogP contribution is -2.58. The van der Waals surface area contributed by atoms with E-state index in [1.54, 1.807) is 0 Å². The standard InChI is InChI=1S/C24H38N2O/c27-23-15-18-26(22-13-9-6-10-14-22)24(23)16-19-25(20-17-24)21-11-7-4-2-1-3-5-8-12-21/h6,9-10,13-14,21,23,27H,1-5,7-8,11-12,15-20H2. The molecule has 1 unspecified atom stereocenters. The molecule has 0 amide bonds. The quantitative estimate of drug-likeness (QED) is 0.795. The molecule has 3 aliphatic rings. The lowest BCUT2D eigenvalue weighted by Gasteiger charge is -2.49. The molecular weight excluding hydrogens is 332 g/mol. The average molecular weight is 371 g/mol. The summed E-state index contributed by atoms with van der Waals surface area (Å²) in [6.45, 7) is 3.31. The highest BCUT2D eigenvalue weighted by Crippen LogP contribution is 2.42. The fourth-order valence-electron chi connectivity index (χ4n) is 5.95. The number of aliphatic hydroxyl groups is 1. The van der Waals surface area contributed by atoms with Gasteiger partial charge in [-0.2, -0.15) is 0 Å². The SMILES string of the molecule is OC1CCN(c2ccccc2)C12CCN(C1CCCCCCCCC1)CC2. The van der Waals surface area contributed by atoms with Crippen LogP contribution in [0.15, 0.2) is 30.3 Å². The van der Waals surface area contributed by atoms with Crippen molar-refractivity contribution in [3.63, 3.8) is 0 Å². The molecule has 1 aliphatic carbocycles. The Bertz CT molecular complexity index is 557. The van der Waals surface area contributed by atoms with Crippen LogP contribution >= 0.6 is 0 Å². The molecule has 1 spiro atoms. The molecule has 2 aliphatic heterocycles. The Kier molecular flexibility index (Phi) is 6.39. The largest absolute Gasteiger partial charge is 0.391 e. The summed E-state index contributed by atoms with van der Waals surface area (Å²) in [4.78, 5) is 5.31. The minimum Gasteiger partial charge on any atom is -0.391 e. The van der Waals surface area contributed by atoms with E-state index >= 15 is 0 Å². The number of rotatable bonds is 2. The molecule has 4 rings (SSSR count). The molecule has 2 saturated heterocycles. The second-order valence-electron chi connectivity index (χ2n) is 9.14. The normalized spacial score (nSPS) is 28.5. The summed E-state index contributed by atoms with van der Waals surface area (Å²) in [5.41, 5.74) is 1.26. The number of hydrogen-bond acceptors (Lipinski definition) is 3. The summed E-state index contributed by atoms with van der Waals surface area (Å²) in [5, 5.41) is 10.9. The lowest BCUT2D eigenvalue weighted by molar-refractivity contribution is 0.0371. The van der Waals surface area contributed by atoms with Gasteiger partial charge in [-0.3, -0.25) is 0 Å². The van der Waals surface area contributed by atoms with E-state index < -0.39 is 0 Å². The molecular formula is C24H38N2O. The van der Waals surface area contributed by atoms with Crippen molar-refractivity contribution in [2.45, 2.75) is 94.7 Å². The molecule has 27 heavy (non-hydrogen) atoms. The van der Waals surface area contributed by atoms with Gasteiger partial charge in [0.1, 0.15) is 0 Å². The van der Waals surface area contributed by atoms with Crippen LogP contribution in [0.25, 0.3) is 0 Å². The third-order valence-corrected chi connectivity index (χ3v) is 7.61. The highest BCUT2D eigenvalue weighted by molar-refractivity contribution is 5.51. The number of para-hydroxylation sites is 1. The maximum absolute atomic E-state index is 10.9. The fraction of sp³-hybridized carbons (Fsp3) is 0.750. The van der Waals surface area contributed by atoms with Crippen LogP contribution < -0.4 is 4.90 Å². The number of likely N-dealkylation sites (tertiary alicyclic amines) is 1. The molecule has 2 heterocycles. The predicted molar refractivity (Wildman–Crippen MR) is 113 cm³/mol. The number of aliphatic hydroxyl groups excluding tert-OH is 1. The second kappa shape index (κ2) is 8.96. The van der Waals surface area contributed by atoms with Gasteiger partial charge in [0, 0.05) is 31.4 Å². The summed E-state index contributed by atoms with van der Waals surface area (Å²) >= 11 is 0. The van der Waals surface area contributed by atoms with Crippen LogP contribution in [0.2, 0.25) is 0 Å². The molecule has 0 radical (unpaired) electrons. The number of nitrogens with zero attached hydrogens (tertiary/aromatic N) is 2. The van der Waals surface area contributed by atoms with E-state index in [0.29, 0.717) is 0 Å². The first-order valence-electron chi connectivity index (χ1n) is 11.5. The molecule has 3 nitrogen and oxygen atoms in total. The average Bonchev–Trinajstić information content (AvgIpc) is 3.03. The first kappa shape index (κ1) is 19.3. The van der Waals surface area contributed by atoms with Gasteiger partial charge in [0.25, 0.3) is 0 Å². The monoisotopic (exact) mass is 370 g/mol. The van der Waals surface area contributed by atoms with Crippen molar-refractivity contribution in [2.75, 3.05) is 24.5 Å². The van der Waals surface area contributed by atoms with Gasteiger partial charge in [-0.25, -0.2) is 0 Å². The van der Waals surface area contributed by atoms with Crippen LogP contribution in [0.1, 0.15) is 77.0 Å². The third kappa shape index (κ3) is 4.19. The van der Waals surface area contributed by atoms with Crippen molar-refractivity contribution >= 4 is 5.69 Å². The lowest BCUT2D eigenvalue weighted by atomic mass is 9.81. The number of hydrogen-bond donors (Lipinski definition) is 1. The van der Waals surface area contributed by atoms with Crippen LogP contribution in [0.3, 0.4) is 0 Å². The highest BCUT2D eigenvalue weighted by atomic mass is 16.3. The molecule has 1 aromatic rings. The Morgan fingerprint density at radius 3 is 1.96 bits per heavy atom. The van der Waals surface area contributed by atoms with E-state index in [0.717, 1.165) is 44.9 Å². The maximum atomic E-state index is 10.9. The van der Waals surface area contributed by atoms with Gasteiger partial charge < -0.3 is 14.9 Å². The summed E-state index contributed by atoms with van der Waals surface area (Å²) in [6.07, 6.45) is 15.7. The minimum absolute atomic E-state index is 0.0339. The van der Waals surface area contributed by atoms with Crippen molar-refractivity contribution in [3.8, 4) is 0 Å². The molecule has 1 atom stereocenters. The van der Waals surface area contributed by atoms with Gasteiger partial charge in [0.15, 0.2) is 0 Å². The zero-order chi connectivity index (χ0) is 18.5. The second-order valence-corrected chi connectivity index (χ2v) is 9.14. The zero-order valence-corrected chi connectivity index (χ0v) is 17.0. The van der Waals surface area contributed by atoms with Crippen molar-refractivity contribution in [2.24, 2.45) is 0 Å². The first-order valence-corrected chi connectivity index (χ1v) is 11.5. The molecule has 1 N–H and O–H groups in total. The molecule has 3 heteroatoms. The van der Waals surface area contributed by atoms with Crippen molar-refractivity contribution in [1.29, 1.82) is 0 Å². The van der Waals surface area contributed by atoms with Crippen LogP contribution in [0.5, 0.6) is 0 Å². The number of anilines is 1. The Labute approximate surface area is 165 Å². The Morgan fingerprint density at radius 1 is 0.741 bits per heavy atom.